The molecule has 2 nitrogen and oxygen atoms in total. The van der Waals surface area contributed by atoms with Crippen LogP contribution in [0.4, 0.5) is 0 Å². The quantitative estimate of drug-likeness (QED) is 0.470. The second-order valence-electron chi connectivity index (χ2n) is 3.18. The summed E-state index contributed by atoms with van der Waals surface area (Å²) >= 11 is 0. The van der Waals surface area contributed by atoms with Gasteiger partial charge in [0.2, 0.25) is 0 Å². The van der Waals surface area contributed by atoms with Crippen molar-refractivity contribution in [2.75, 3.05) is 0 Å². The first-order valence-corrected chi connectivity index (χ1v) is 4.71. The van der Waals surface area contributed by atoms with Crippen LogP contribution in [0.3, 0.4) is 0 Å². The fourth-order valence-electron chi connectivity index (χ4n) is 1.34. The summed E-state index contributed by atoms with van der Waals surface area (Å²) in [6, 6.07) is 0. The van der Waals surface area contributed by atoms with Crippen LogP contribution in [-0.2, 0) is 9.53 Å². The monoisotopic (exact) mass is 172 g/mol. The van der Waals surface area contributed by atoms with E-state index in [0.29, 0.717) is 0 Å². The van der Waals surface area contributed by atoms with Gasteiger partial charge in [0.1, 0.15) is 6.10 Å². The van der Waals surface area contributed by atoms with Gasteiger partial charge < -0.3 is 4.74 Å². The van der Waals surface area contributed by atoms with Crippen LogP contribution in [0.25, 0.3) is 0 Å². The molecule has 0 amide bonds. The van der Waals surface area contributed by atoms with Gasteiger partial charge in [-0.1, -0.05) is 26.2 Å². The largest absolute Gasteiger partial charge is 0.462 e. The highest BCUT2D eigenvalue weighted by molar-refractivity contribution is 5.71. The molecule has 2 heteroatoms. The lowest BCUT2D eigenvalue weighted by Gasteiger charge is -2.07. The molecule has 1 aliphatic rings. The van der Waals surface area contributed by atoms with Crippen molar-refractivity contribution in [3.8, 4) is 0 Å². The number of hydrogen-bond acceptors (Lipinski definition) is 2. The van der Waals surface area contributed by atoms with Crippen molar-refractivity contribution in [1.82, 2.24) is 0 Å². The van der Waals surface area contributed by atoms with Gasteiger partial charge in [0.25, 0.3) is 0 Å². The summed E-state index contributed by atoms with van der Waals surface area (Å²) in [4.78, 5) is 11.0. The molecule has 0 aliphatic carbocycles. The topological polar surface area (TPSA) is 26.3 Å². The molecule has 0 aromatic rings. The zero-order valence-electron chi connectivity index (χ0n) is 9.58. The van der Waals surface area contributed by atoms with Gasteiger partial charge in [0, 0.05) is 9.14 Å². The Morgan fingerprint density at radius 2 is 2.42 bits per heavy atom. The molecule has 1 rings (SSSR count). The van der Waals surface area contributed by atoms with Crippen LogP contribution in [0.15, 0.2) is 0 Å². The van der Waals surface area contributed by atoms with E-state index >= 15 is 0 Å². The molecule has 1 saturated heterocycles. The summed E-state index contributed by atoms with van der Waals surface area (Å²) in [7, 11) is 0. The molecule has 1 aliphatic heterocycles. The van der Waals surface area contributed by atoms with E-state index in [0.717, 1.165) is 19.3 Å². The van der Waals surface area contributed by atoms with Crippen molar-refractivity contribution in [1.29, 1.82) is 0 Å². The van der Waals surface area contributed by atoms with E-state index in [4.69, 9.17) is 7.48 Å². The molecule has 12 heavy (non-hydrogen) atoms. The van der Waals surface area contributed by atoms with Crippen molar-refractivity contribution < 1.29 is 12.3 Å². The number of unbranched alkanes of at least 4 members (excludes halogenated alkanes) is 3. The van der Waals surface area contributed by atoms with Gasteiger partial charge in [-0.05, 0) is 19.2 Å². The summed E-state index contributed by atoms with van der Waals surface area (Å²) < 4.78 is 19.9. The number of cyclic esters (lactones) is 1. The normalized spacial score (nSPS) is 37.4. The first-order chi connectivity index (χ1) is 6.66. The number of rotatable bonds is 5. The number of hydrogen-bond donors (Lipinski definition) is 0. The van der Waals surface area contributed by atoms with Gasteiger partial charge in [-0.15, -0.1) is 0 Å². The average Bonchev–Trinajstić information content (AvgIpc) is 2.41. The standard InChI is InChI=1S/C10H18O2/c1-2-3-4-5-6-9-7-8-10(11)12-9/h9H,2-8H2,1H3/i7D,8D. The molecule has 70 valence electrons. The van der Waals surface area contributed by atoms with Crippen LogP contribution >= 0.6 is 0 Å². The Hall–Kier alpha value is -0.530. The summed E-state index contributed by atoms with van der Waals surface area (Å²) in [5.41, 5.74) is 0. The Kier molecular flexibility index (Phi) is 2.99. The highest BCUT2D eigenvalue weighted by Gasteiger charge is 2.22. The lowest BCUT2D eigenvalue weighted by Crippen LogP contribution is -2.05. The first kappa shape index (κ1) is 6.93. The maximum Gasteiger partial charge on any atom is 0.306 e. The lowest BCUT2D eigenvalue weighted by molar-refractivity contribution is -0.141. The van der Waals surface area contributed by atoms with Gasteiger partial charge in [0.15, 0.2) is 0 Å². The summed E-state index contributed by atoms with van der Waals surface area (Å²) in [5, 5.41) is 0. The average molecular weight is 172 g/mol. The molecule has 3 atom stereocenters. The maximum atomic E-state index is 11.0. The molecule has 1 heterocycles. The van der Waals surface area contributed by atoms with Crippen molar-refractivity contribution in [3.63, 3.8) is 0 Å². The van der Waals surface area contributed by atoms with Gasteiger partial charge >= 0.3 is 5.97 Å². The van der Waals surface area contributed by atoms with Crippen molar-refractivity contribution in [2.24, 2.45) is 0 Å². The van der Waals surface area contributed by atoms with Crippen molar-refractivity contribution in [2.45, 2.75) is 57.9 Å². The number of carbonyl (C=O) groups is 1. The van der Waals surface area contributed by atoms with Crippen LogP contribution in [0.5, 0.6) is 0 Å². The molecule has 0 aromatic heterocycles. The molecule has 0 spiro atoms. The minimum atomic E-state index is -0.980. The van der Waals surface area contributed by atoms with Gasteiger partial charge in [-0.25, -0.2) is 0 Å². The fourth-order valence-corrected chi connectivity index (χ4v) is 1.34. The van der Waals surface area contributed by atoms with Crippen LogP contribution in [-0.4, -0.2) is 12.1 Å². The SMILES string of the molecule is [2H]C1C(=O)OC(CCCCCC)C1[2H]. The van der Waals surface area contributed by atoms with E-state index in [2.05, 4.69) is 6.92 Å². The molecule has 0 saturated carbocycles. The third kappa shape index (κ3) is 3.24. The van der Waals surface area contributed by atoms with Crippen LogP contribution in [0.1, 0.15) is 54.6 Å². The molecular weight excluding hydrogens is 152 g/mol. The summed E-state index contributed by atoms with van der Waals surface area (Å²) in [6.45, 7) is 2.14. The Labute approximate surface area is 77.1 Å². The van der Waals surface area contributed by atoms with Gasteiger partial charge in [-0.3, -0.25) is 4.79 Å². The zero-order valence-corrected chi connectivity index (χ0v) is 7.58. The smallest absolute Gasteiger partial charge is 0.306 e. The zero-order chi connectivity index (χ0) is 10.6. The Morgan fingerprint density at radius 3 is 3.00 bits per heavy atom. The lowest BCUT2D eigenvalue weighted by atomic mass is 10.1. The van der Waals surface area contributed by atoms with E-state index in [1.54, 1.807) is 0 Å². The third-order valence-electron chi connectivity index (χ3n) is 2.06. The van der Waals surface area contributed by atoms with E-state index in [-0.39, 0.29) is 6.10 Å². The molecule has 0 aromatic carbocycles. The highest BCUT2D eigenvalue weighted by atomic mass is 16.5. The van der Waals surface area contributed by atoms with Crippen molar-refractivity contribution >= 4 is 5.97 Å². The molecule has 0 radical (unpaired) electrons. The molecule has 3 unspecified atom stereocenters. The number of carbonyl (C=O) groups excluding carboxylic acids is 1. The first-order valence-electron chi connectivity index (χ1n) is 5.87. The van der Waals surface area contributed by atoms with E-state index < -0.39 is 18.8 Å². The minimum absolute atomic E-state index is 0.332. The molecule has 1 fully saturated rings. The molecule has 0 bridgehead atoms. The Balaban J connectivity index is 2.22. The third-order valence-corrected chi connectivity index (χ3v) is 2.06. The molecular formula is C10H18O2. The highest BCUT2D eigenvalue weighted by Crippen LogP contribution is 2.19. The summed E-state index contributed by atoms with van der Waals surface area (Å²) in [6.07, 6.45) is 3.24. The van der Waals surface area contributed by atoms with Crippen LogP contribution < -0.4 is 0 Å². The summed E-state index contributed by atoms with van der Waals surface area (Å²) in [5.74, 6) is -0.523. The number of ether oxygens (including phenoxy) is 1. The van der Waals surface area contributed by atoms with E-state index in [1.165, 1.54) is 12.8 Å². The molecule has 0 N–H and O–H groups in total. The van der Waals surface area contributed by atoms with E-state index in [1.807, 2.05) is 0 Å². The minimum Gasteiger partial charge on any atom is -0.462 e. The second kappa shape index (κ2) is 5.18. The maximum absolute atomic E-state index is 11.0. The number of esters is 1. The predicted octanol–water partition coefficient (Wildman–Crippen LogP) is 2.66. The Morgan fingerprint density at radius 1 is 1.58 bits per heavy atom. The van der Waals surface area contributed by atoms with Crippen LogP contribution in [0.2, 0.25) is 0 Å². The van der Waals surface area contributed by atoms with Gasteiger partial charge in [0.05, 0.1) is 0 Å². The van der Waals surface area contributed by atoms with E-state index in [9.17, 15) is 4.79 Å². The van der Waals surface area contributed by atoms with Gasteiger partial charge in [-0.2, -0.15) is 0 Å². The van der Waals surface area contributed by atoms with Crippen molar-refractivity contribution in [3.05, 3.63) is 0 Å². The second-order valence-corrected chi connectivity index (χ2v) is 3.18. The fraction of sp³-hybridized carbons (Fsp3) is 0.900. The van der Waals surface area contributed by atoms with Crippen LogP contribution in [0, 0.1) is 0 Å². The predicted molar refractivity (Wildman–Crippen MR) is 47.9 cm³/mol. The Bertz CT molecular complexity index is 197.